The van der Waals surface area contributed by atoms with Crippen molar-refractivity contribution in [3.63, 3.8) is 0 Å². The van der Waals surface area contributed by atoms with Crippen molar-refractivity contribution in [2.24, 2.45) is 5.73 Å². The summed E-state index contributed by atoms with van der Waals surface area (Å²) < 4.78 is 46.0. The molecule has 1 unspecified atom stereocenters. The number of phenolic OH excluding ortho intramolecular Hbond substituents is 1. The fourth-order valence-corrected chi connectivity index (χ4v) is 3.41. The summed E-state index contributed by atoms with van der Waals surface area (Å²) in [7, 11) is 0. The second-order valence-electron chi connectivity index (χ2n) is 6.62. The molecule has 150 valence electrons. The molecule has 1 saturated heterocycles. The maximum absolute atomic E-state index is 14.1. The normalized spacial score (nSPS) is 16.4. The molecular formula is C19H15F3N4O3. The summed E-state index contributed by atoms with van der Waals surface area (Å²) in [6, 6.07) is 7.22. The predicted molar refractivity (Wildman–Crippen MR) is 95.6 cm³/mol. The van der Waals surface area contributed by atoms with Gasteiger partial charge in [0.2, 0.25) is 11.7 Å². The first kappa shape index (κ1) is 18.8. The highest BCUT2D eigenvalue weighted by atomic mass is 19.2. The molecule has 4 rings (SSSR count). The quantitative estimate of drug-likeness (QED) is 0.647. The minimum absolute atomic E-state index is 0.120. The second-order valence-corrected chi connectivity index (χ2v) is 6.62. The van der Waals surface area contributed by atoms with Crippen LogP contribution in [0.5, 0.6) is 5.75 Å². The van der Waals surface area contributed by atoms with Crippen molar-refractivity contribution in [3.05, 3.63) is 58.9 Å². The van der Waals surface area contributed by atoms with E-state index in [1.165, 1.54) is 0 Å². The number of rotatable bonds is 4. The van der Waals surface area contributed by atoms with E-state index in [0.717, 1.165) is 18.4 Å². The summed E-state index contributed by atoms with van der Waals surface area (Å²) in [6.07, 6.45) is 1.60. The number of nitrogens with two attached hydrogens (primary N) is 1. The Morgan fingerprint density at radius 2 is 1.93 bits per heavy atom. The van der Waals surface area contributed by atoms with Crippen LogP contribution in [0, 0.1) is 17.5 Å². The lowest BCUT2D eigenvalue weighted by atomic mass is 10.0. The van der Waals surface area contributed by atoms with E-state index in [1.54, 1.807) is 24.3 Å². The molecule has 7 nitrogen and oxygen atoms in total. The molecule has 10 heteroatoms. The molecule has 0 radical (unpaired) electrons. The Labute approximate surface area is 162 Å². The van der Waals surface area contributed by atoms with Gasteiger partial charge in [-0.25, -0.2) is 8.78 Å². The lowest BCUT2D eigenvalue weighted by Gasteiger charge is -2.23. The van der Waals surface area contributed by atoms with Gasteiger partial charge in [0.25, 0.3) is 11.8 Å². The lowest BCUT2D eigenvalue weighted by Crippen LogP contribution is -2.23. The Morgan fingerprint density at radius 3 is 2.62 bits per heavy atom. The molecule has 0 bridgehead atoms. The van der Waals surface area contributed by atoms with Crippen LogP contribution in [0.25, 0.3) is 11.5 Å². The number of phenols is 1. The van der Waals surface area contributed by atoms with E-state index in [1.807, 2.05) is 4.90 Å². The zero-order valence-electron chi connectivity index (χ0n) is 14.9. The van der Waals surface area contributed by atoms with Crippen molar-refractivity contribution in [2.75, 3.05) is 11.4 Å². The van der Waals surface area contributed by atoms with Crippen molar-refractivity contribution in [1.29, 1.82) is 0 Å². The Kier molecular flexibility index (Phi) is 4.61. The first-order valence-electron chi connectivity index (χ1n) is 8.73. The van der Waals surface area contributed by atoms with Crippen molar-refractivity contribution < 1.29 is 27.6 Å². The number of hydrogen-bond acceptors (Lipinski definition) is 6. The Hall–Kier alpha value is -3.56. The molecule has 0 spiro atoms. The highest BCUT2D eigenvalue weighted by Gasteiger charge is 2.31. The number of carbonyl (C=O) groups is 1. The summed E-state index contributed by atoms with van der Waals surface area (Å²) in [5.74, 6) is -6.74. The van der Waals surface area contributed by atoms with E-state index in [2.05, 4.69) is 10.1 Å². The van der Waals surface area contributed by atoms with E-state index in [0.29, 0.717) is 18.2 Å². The second kappa shape index (κ2) is 7.12. The zero-order chi connectivity index (χ0) is 20.7. The maximum Gasteiger partial charge on any atom is 0.266 e. The van der Waals surface area contributed by atoms with Crippen LogP contribution in [-0.2, 0) is 0 Å². The Bertz CT molecular complexity index is 1090. The SMILES string of the molecule is NC(=O)c1ccc(C2CCCN2c2noc(-c3cc(F)c(F)c(O)c3F)n2)cc1. The number of amides is 1. The van der Waals surface area contributed by atoms with Gasteiger partial charge >= 0.3 is 0 Å². The highest BCUT2D eigenvalue weighted by molar-refractivity contribution is 5.92. The van der Waals surface area contributed by atoms with Crippen LogP contribution in [0.2, 0.25) is 0 Å². The van der Waals surface area contributed by atoms with Crippen LogP contribution < -0.4 is 10.6 Å². The largest absolute Gasteiger partial charge is 0.503 e. The number of benzene rings is 2. The Morgan fingerprint density at radius 1 is 1.21 bits per heavy atom. The number of carbonyl (C=O) groups excluding carboxylic acids is 1. The van der Waals surface area contributed by atoms with Crippen molar-refractivity contribution >= 4 is 11.9 Å². The van der Waals surface area contributed by atoms with Crippen LogP contribution in [0.3, 0.4) is 0 Å². The standard InChI is InChI=1S/C19H15F3N4O3/c20-12-8-11(14(21)16(27)15(12)22)18-24-19(25-29-18)26-7-1-2-13(26)9-3-5-10(6-4-9)17(23)28/h3-6,8,13,27H,1-2,7H2,(H2,23,28). The number of hydrogen-bond donors (Lipinski definition) is 2. The van der Waals surface area contributed by atoms with Crippen molar-refractivity contribution in [2.45, 2.75) is 18.9 Å². The van der Waals surface area contributed by atoms with Gasteiger partial charge in [-0.3, -0.25) is 4.79 Å². The summed E-state index contributed by atoms with van der Waals surface area (Å²) >= 11 is 0. The summed E-state index contributed by atoms with van der Waals surface area (Å²) in [6.45, 7) is 0.590. The monoisotopic (exact) mass is 404 g/mol. The molecule has 0 aliphatic carbocycles. The molecule has 0 saturated carbocycles. The predicted octanol–water partition coefficient (Wildman–Crippen LogP) is 3.30. The average molecular weight is 404 g/mol. The molecule has 1 amide bonds. The summed E-state index contributed by atoms with van der Waals surface area (Å²) in [4.78, 5) is 17.1. The number of aromatic hydroxyl groups is 1. The number of halogens is 3. The van der Waals surface area contributed by atoms with Crippen LogP contribution >= 0.6 is 0 Å². The fourth-order valence-electron chi connectivity index (χ4n) is 3.41. The van der Waals surface area contributed by atoms with Crippen LogP contribution in [0.15, 0.2) is 34.9 Å². The molecule has 3 N–H and O–H groups in total. The molecule has 1 aliphatic rings. The van der Waals surface area contributed by atoms with Gasteiger partial charge < -0.3 is 20.3 Å². The summed E-state index contributed by atoms with van der Waals surface area (Å²) in [5, 5.41) is 13.2. The molecule has 1 aromatic heterocycles. The van der Waals surface area contributed by atoms with E-state index < -0.39 is 34.7 Å². The van der Waals surface area contributed by atoms with Gasteiger partial charge in [0.15, 0.2) is 17.4 Å². The third-order valence-electron chi connectivity index (χ3n) is 4.87. The Balaban J connectivity index is 1.65. The highest BCUT2D eigenvalue weighted by Crippen LogP contribution is 2.37. The van der Waals surface area contributed by atoms with Gasteiger partial charge in [-0.15, -0.1) is 0 Å². The molecule has 3 aromatic rings. The number of primary amides is 1. The molecule has 2 aromatic carbocycles. The van der Waals surface area contributed by atoms with Gasteiger partial charge in [0.1, 0.15) is 0 Å². The molecule has 1 aliphatic heterocycles. The zero-order valence-corrected chi connectivity index (χ0v) is 14.9. The van der Waals surface area contributed by atoms with E-state index in [-0.39, 0.29) is 17.9 Å². The van der Waals surface area contributed by atoms with E-state index in [4.69, 9.17) is 10.3 Å². The molecule has 1 fully saturated rings. The third-order valence-corrected chi connectivity index (χ3v) is 4.87. The van der Waals surface area contributed by atoms with Crippen molar-refractivity contribution in [3.8, 4) is 17.2 Å². The van der Waals surface area contributed by atoms with Gasteiger partial charge in [-0.1, -0.05) is 12.1 Å². The van der Waals surface area contributed by atoms with Gasteiger partial charge in [-0.05, 0) is 41.8 Å². The molecule has 1 atom stereocenters. The van der Waals surface area contributed by atoms with E-state index in [9.17, 15) is 23.1 Å². The molecular weight excluding hydrogens is 389 g/mol. The smallest absolute Gasteiger partial charge is 0.266 e. The van der Waals surface area contributed by atoms with Crippen LogP contribution in [-0.4, -0.2) is 27.7 Å². The third kappa shape index (κ3) is 3.26. The molecule has 29 heavy (non-hydrogen) atoms. The maximum atomic E-state index is 14.1. The number of anilines is 1. The average Bonchev–Trinajstić information content (AvgIpc) is 3.38. The fraction of sp³-hybridized carbons (Fsp3) is 0.211. The van der Waals surface area contributed by atoms with Crippen LogP contribution in [0.1, 0.15) is 34.8 Å². The lowest BCUT2D eigenvalue weighted by molar-refractivity contribution is 0.1000. The van der Waals surface area contributed by atoms with Gasteiger partial charge in [-0.2, -0.15) is 9.37 Å². The minimum Gasteiger partial charge on any atom is -0.503 e. The first-order chi connectivity index (χ1) is 13.9. The topological polar surface area (TPSA) is 105 Å². The van der Waals surface area contributed by atoms with Gasteiger partial charge in [0, 0.05) is 12.1 Å². The summed E-state index contributed by atoms with van der Waals surface area (Å²) in [5.41, 5.74) is 6.00. The van der Waals surface area contributed by atoms with Crippen molar-refractivity contribution in [1.82, 2.24) is 10.1 Å². The number of nitrogens with zero attached hydrogens (tertiary/aromatic N) is 3. The van der Waals surface area contributed by atoms with Gasteiger partial charge in [0.05, 0.1) is 11.6 Å². The number of aromatic nitrogens is 2. The minimum atomic E-state index is -1.69. The molecule has 2 heterocycles. The van der Waals surface area contributed by atoms with Crippen LogP contribution in [0.4, 0.5) is 19.1 Å². The van der Waals surface area contributed by atoms with E-state index >= 15 is 0 Å². The first-order valence-corrected chi connectivity index (χ1v) is 8.73.